The first kappa shape index (κ1) is 33.3. The van der Waals surface area contributed by atoms with Gasteiger partial charge in [-0.3, -0.25) is 4.90 Å². The Morgan fingerprint density at radius 2 is 1.87 bits per heavy atom. The number of halogens is 3. The van der Waals surface area contributed by atoms with E-state index in [2.05, 4.69) is 27.4 Å². The normalized spacial score (nSPS) is 19.6. The number of morpholine rings is 1. The van der Waals surface area contributed by atoms with Crippen LogP contribution < -0.4 is 20.5 Å². The van der Waals surface area contributed by atoms with Gasteiger partial charge in [-0.25, -0.2) is 13.6 Å². The van der Waals surface area contributed by atoms with Gasteiger partial charge in [0.05, 0.1) is 58.6 Å². The molecule has 0 spiro atoms. The zero-order valence-corrected chi connectivity index (χ0v) is 26.3. The van der Waals surface area contributed by atoms with E-state index in [0.717, 1.165) is 62.4 Å². The summed E-state index contributed by atoms with van der Waals surface area (Å²) in [6, 6.07) is 10.2. The Kier molecular flexibility index (Phi) is 10.8. The largest absolute Gasteiger partial charge is 0.489 e. The van der Waals surface area contributed by atoms with Crippen LogP contribution in [0.25, 0.3) is 10.1 Å². The Bertz CT molecular complexity index is 1640. The fourth-order valence-corrected chi connectivity index (χ4v) is 7.57. The summed E-state index contributed by atoms with van der Waals surface area (Å²) < 4.78 is 76.3. The standard InChI is InChI=1S/C31H37F3N4O5S2/c32-31(33,34)20-25-24-3-1-4-27(37-21-6-8-22(9-7-21)38-13-16-42-17-14-38)30(24)44-29(25)5-2-12-36-26-11-10-23(45(35,40)41)19-28(26)43-18-15-39/h1,3-4,10-11,19,21-22,36-37,39H,6-9,12-18,20H2,(H2,35,40,41). The highest BCUT2D eigenvalue weighted by atomic mass is 32.2. The summed E-state index contributed by atoms with van der Waals surface area (Å²) in [5.74, 6) is 5.98. The van der Waals surface area contributed by atoms with Crippen LogP contribution in [0.4, 0.5) is 24.5 Å². The van der Waals surface area contributed by atoms with Crippen LogP contribution in [0.1, 0.15) is 36.1 Å². The van der Waals surface area contributed by atoms with E-state index >= 15 is 0 Å². The summed E-state index contributed by atoms with van der Waals surface area (Å²) in [6.07, 6.45) is -1.39. The number of nitrogens with two attached hydrogens (primary N) is 1. The van der Waals surface area contributed by atoms with E-state index in [4.69, 9.17) is 19.7 Å². The third-order valence-corrected chi connectivity index (χ3v) is 10.1. The van der Waals surface area contributed by atoms with E-state index in [1.54, 1.807) is 12.1 Å². The minimum atomic E-state index is -4.41. The van der Waals surface area contributed by atoms with Gasteiger partial charge < -0.3 is 25.2 Å². The van der Waals surface area contributed by atoms with Gasteiger partial charge in [0, 0.05) is 31.2 Å². The average Bonchev–Trinajstić information content (AvgIpc) is 3.35. The minimum Gasteiger partial charge on any atom is -0.489 e. The van der Waals surface area contributed by atoms with E-state index in [1.165, 1.54) is 29.5 Å². The molecule has 2 heterocycles. The van der Waals surface area contributed by atoms with E-state index in [1.807, 2.05) is 6.07 Å². The monoisotopic (exact) mass is 666 g/mol. The van der Waals surface area contributed by atoms with Gasteiger partial charge in [0.15, 0.2) is 0 Å². The highest BCUT2D eigenvalue weighted by Crippen LogP contribution is 2.40. The van der Waals surface area contributed by atoms with Gasteiger partial charge in [-0.2, -0.15) is 13.2 Å². The number of rotatable bonds is 10. The fourth-order valence-electron chi connectivity index (χ4n) is 5.87. The quantitative estimate of drug-likeness (QED) is 0.233. The number of thiophene rings is 1. The van der Waals surface area contributed by atoms with E-state index in [0.29, 0.717) is 22.0 Å². The number of benzene rings is 2. The topological polar surface area (TPSA) is 126 Å². The third-order valence-electron chi connectivity index (χ3n) is 8.01. The van der Waals surface area contributed by atoms with Crippen LogP contribution in [0.2, 0.25) is 0 Å². The molecule has 0 unspecified atom stereocenters. The molecule has 9 nitrogen and oxygen atoms in total. The van der Waals surface area contributed by atoms with Crippen molar-refractivity contribution in [2.45, 2.75) is 55.3 Å². The van der Waals surface area contributed by atoms with Crippen molar-refractivity contribution in [3.63, 3.8) is 0 Å². The van der Waals surface area contributed by atoms with Crippen molar-refractivity contribution < 1.29 is 36.2 Å². The molecule has 14 heteroatoms. The molecule has 0 radical (unpaired) electrons. The molecule has 0 atom stereocenters. The van der Waals surface area contributed by atoms with Gasteiger partial charge in [-0.05, 0) is 54.8 Å². The number of aliphatic hydroxyl groups is 1. The minimum absolute atomic E-state index is 0.0431. The number of aliphatic hydroxyl groups excluding tert-OH is 1. The van der Waals surface area contributed by atoms with Crippen LogP contribution in [-0.4, -0.2) is 82.7 Å². The van der Waals surface area contributed by atoms with Gasteiger partial charge in [-0.15, -0.1) is 11.3 Å². The average molecular weight is 667 g/mol. The maximum atomic E-state index is 13.7. The highest BCUT2D eigenvalue weighted by Gasteiger charge is 2.32. The molecule has 1 aliphatic carbocycles. The Morgan fingerprint density at radius 3 is 2.56 bits per heavy atom. The molecule has 5 rings (SSSR count). The number of ether oxygens (including phenoxy) is 2. The van der Waals surface area contributed by atoms with Crippen molar-refractivity contribution >= 4 is 42.8 Å². The van der Waals surface area contributed by atoms with Crippen molar-refractivity contribution in [3.8, 4) is 17.6 Å². The number of fused-ring (bicyclic) bond motifs is 1. The molecule has 244 valence electrons. The second-order valence-electron chi connectivity index (χ2n) is 11.1. The number of anilines is 2. The molecule has 45 heavy (non-hydrogen) atoms. The Balaban J connectivity index is 1.33. The van der Waals surface area contributed by atoms with Crippen LogP contribution >= 0.6 is 11.3 Å². The summed E-state index contributed by atoms with van der Waals surface area (Å²) in [7, 11) is -3.98. The second kappa shape index (κ2) is 14.6. The number of hydrogen-bond acceptors (Lipinski definition) is 9. The molecule has 0 bridgehead atoms. The Morgan fingerprint density at radius 1 is 1.11 bits per heavy atom. The molecule has 1 saturated carbocycles. The highest BCUT2D eigenvalue weighted by molar-refractivity contribution is 7.89. The molecule has 0 amide bonds. The molecule has 2 aliphatic rings. The summed E-state index contributed by atoms with van der Waals surface area (Å²) in [6.45, 7) is 3.14. The zero-order chi connectivity index (χ0) is 32.0. The van der Waals surface area contributed by atoms with E-state index < -0.39 is 22.6 Å². The molecular formula is C31H37F3N4O5S2. The SMILES string of the molecule is NS(=O)(=O)c1ccc(NCC#Cc2sc3c(NC4CCC(N5CCOCC5)CC4)cccc3c2CC(F)(F)F)c(OCCO)c1. The first-order chi connectivity index (χ1) is 21.5. The lowest BCUT2D eigenvalue weighted by molar-refractivity contribution is -0.126. The number of nitrogens with one attached hydrogen (secondary N) is 2. The summed E-state index contributed by atoms with van der Waals surface area (Å²) in [4.78, 5) is 2.69. The number of sulfonamides is 1. The molecule has 2 fully saturated rings. The smallest absolute Gasteiger partial charge is 0.393 e. The van der Waals surface area contributed by atoms with Crippen LogP contribution in [0.15, 0.2) is 41.3 Å². The molecule has 5 N–H and O–H groups in total. The van der Waals surface area contributed by atoms with Crippen molar-refractivity contribution in [2.75, 3.05) is 56.7 Å². The number of primary sulfonamides is 1. The first-order valence-electron chi connectivity index (χ1n) is 14.8. The third kappa shape index (κ3) is 8.81. The molecule has 3 aromatic rings. The van der Waals surface area contributed by atoms with Gasteiger partial charge in [0.2, 0.25) is 10.0 Å². The second-order valence-corrected chi connectivity index (χ2v) is 13.7. The Labute approximate surface area is 264 Å². The van der Waals surface area contributed by atoms with Crippen molar-refractivity contribution in [2.24, 2.45) is 5.14 Å². The zero-order valence-electron chi connectivity index (χ0n) is 24.7. The Hall–Kier alpha value is -3.06. The van der Waals surface area contributed by atoms with Crippen LogP contribution in [0.3, 0.4) is 0 Å². The molecule has 1 saturated heterocycles. The summed E-state index contributed by atoms with van der Waals surface area (Å²) in [5.41, 5.74) is 1.37. The maximum Gasteiger partial charge on any atom is 0.393 e. The maximum absolute atomic E-state index is 13.7. The van der Waals surface area contributed by atoms with Gasteiger partial charge in [0.25, 0.3) is 0 Å². The summed E-state index contributed by atoms with van der Waals surface area (Å²) in [5, 5.41) is 21.5. The van der Waals surface area contributed by atoms with Crippen molar-refractivity contribution in [1.29, 1.82) is 0 Å². The summed E-state index contributed by atoms with van der Waals surface area (Å²) >= 11 is 1.25. The van der Waals surface area contributed by atoms with Crippen molar-refractivity contribution in [3.05, 3.63) is 46.8 Å². The first-order valence-corrected chi connectivity index (χ1v) is 17.2. The molecular weight excluding hydrogens is 629 g/mol. The molecule has 1 aliphatic heterocycles. The number of hydrogen-bond donors (Lipinski definition) is 4. The van der Waals surface area contributed by atoms with Crippen LogP contribution in [0, 0.1) is 11.8 Å². The molecule has 2 aromatic carbocycles. The van der Waals surface area contributed by atoms with Gasteiger partial charge in [-0.1, -0.05) is 24.0 Å². The van der Waals surface area contributed by atoms with Crippen LogP contribution in [0.5, 0.6) is 5.75 Å². The lowest BCUT2D eigenvalue weighted by Gasteiger charge is -2.39. The fraction of sp³-hybridized carbons (Fsp3) is 0.484. The van der Waals surface area contributed by atoms with E-state index in [-0.39, 0.29) is 42.0 Å². The number of nitrogens with zero attached hydrogens (tertiary/aromatic N) is 1. The van der Waals surface area contributed by atoms with Crippen LogP contribution in [-0.2, 0) is 21.2 Å². The predicted molar refractivity (Wildman–Crippen MR) is 169 cm³/mol. The molecule has 1 aromatic heterocycles. The predicted octanol–water partition coefficient (Wildman–Crippen LogP) is 4.54. The van der Waals surface area contributed by atoms with Gasteiger partial charge >= 0.3 is 6.18 Å². The lowest BCUT2D eigenvalue weighted by atomic mass is 9.89. The van der Waals surface area contributed by atoms with E-state index in [9.17, 15) is 21.6 Å². The number of alkyl halides is 3. The van der Waals surface area contributed by atoms with Gasteiger partial charge in [0.1, 0.15) is 12.4 Å². The lowest BCUT2D eigenvalue weighted by Crippen LogP contribution is -2.46. The van der Waals surface area contributed by atoms with Crippen molar-refractivity contribution in [1.82, 2.24) is 4.90 Å².